The lowest BCUT2D eigenvalue weighted by molar-refractivity contribution is -0.137. The van der Waals surface area contributed by atoms with Crippen LogP contribution < -0.4 is 10.6 Å². The van der Waals surface area contributed by atoms with Crippen molar-refractivity contribution in [1.29, 1.82) is 0 Å². The average molecular weight is 336 g/mol. The zero-order valence-corrected chi connectivity index (χ0v) is 13.7. The molecule has 2 aromatic carbocycles. The molecular formula is C18H19F3N2O. The Morgan fingerprint density at radius 1 is 1.00 bits per heavy atom. The van der Waals surface area contributed by atoms with Crippen LogP contribution in [0, 0.1) is 20.8 Å². The summed E-state index contributed by atoms with van der Waals surface area (Å²) < 4.78 is 37.5. The van der Waals surface area contributed by atoms with Crippen LogP contribution in [0.25, 0.3) is 0 Å². The monoisotopic (exact) mass is 336 g/mol. The van der Waals surface area contributed by atoms with Gasteiger partial charge in [0.2, 0.25) is 5.91 Å². The summed E-state index contributed by atoms with van der Waals surface area (Å²) in [5, 5.41) is 5.64. The Kier molecular flexibility index (Phi) is 5.17. The summed E-state index contributed by atoms with van der Waals surface area (Å²) in [5.74, 6) is -0.259. The molecule has 24 heavy (non-hydrogen) atoms. The Balaban J connectivity index is 1.97. The van der Waals surface area contributed by atoms with Crippen LogP contribution in [0.15, 0.2) is 36.4 Å². The first kappa shape index (κ1) is 17.8. The smallest absolute Gasteiger partial charge is 0.376 e. The first-order valence-electron chi connectivity index (χ1n) is 7.45. The number of nitrogens with one attached hydrogen (secondary N) is 2. The van der Waals surface area contributed by atoms with Gasteiger partial charge >= 0.3 is 6.18 Å². The molecular weight excluding hydrogens is 317 g/mol. The molecule has 0 heterocycles. The fourth-order valence-electron chi connectivity index (χ4n) is 2.52. The molecule has 3 nitrogen and oxygen atoms in total. The second-order valence-corrected chi connectivity index (χ2v) is 5.75. The first-order chi connectivity index (χ1) is 11.2. The number of rotatable bonds is 4. The molecule has 0 aliphatic rings. The summed E-state index contributed by atoms with van der Waals surface area (Å²) in [6.45, 7) is 5.79. The Hall–Kier alpha value is -2.50. The van der Waals surface area contributed by atoms with Gasteiger partial charge in [0.25, 0.3) is 0 Å². The summed E-state index contributed by atoms with van der Waals surface area (Å²) in [5.41, 5.74) is 3.55. The molecule has 6 heteroatoms. The zero-order valence-electron chi connectivity index (χ0n) is 13.7. The van der Waals surface area contributed by atoms with Crippen LogP contribution in [0.4, 0.5) is 24.5 Å². The number of carbonyl (C=O) groups is 1. The van der Waals surface area contributed by atoms with E-state index in [2.05, 4.69) is 10.6 Å². The number of alkyl halides is 3. The normalized spacial score (nSPS) is 11.2. The van der Waals surface area contributed by atoms with Crippen molar-refractivity contribution in [3.05, 3.63) is 58.7 Å². The van der Waals surface area contributed by atoms with E-state index in [0.29, 0.717) is 5.69 Å². The number of hydrogen-bond acceptors (Lipinski definition) is 2. The van der Waals surface area contributed by atoms with Crippen molar-refractivity contribution in [3.63, 3.8) is 0 Å². The van der Waals surface area contributed by atoms with Crippen LogP contribution in [0.2, 0.25) is 0 Å². The van der Waals surface area contributed by atoms with Crippen LogP contribution in [0.1, 0.15) is 22.3 Å². The van der Waals surface area contributed by atoms with Crippen molar-refractivity contribution in [2.45, 2.75) is 26.9 Å². The highest BCUT2D eigenvalue weighted by molar-refractivity contribution is 5.95. The first-order valence-corrected chi connectivity index (χ1v) is 7.45. The third-order valence-electron chi connectivity index (χ3n) is 3.61. The molecule has 0 atom stereocenters. The third kappa shape index (κ3) is 4.50. The SMILES string of the molecule is Cc1cc(C)c(NC(=O)CNc2ccc(C(F)(F)F)cc2)c(C)c1. The fraction of sp³-hybridized carbons (Fsp3) is 0.278. The minimum atomic E-state index is -4.36. The van der Waals surface area contributed by atoms with Gasteiger partial charge < -0.3 is 10.6 Å². The molecule has 0 spiro atoms. The Labute approximate surface area is 138 Å². The van der Waals surface area contributed by atoms with E-state index in [9.17, 15) is 18.0 Å². The van der Waals surface area contributed by atoms with E-state index in [1.807, 2.05) is 32.9 Å². The van der Waals surface area contributed by atoms with Crippen LogP contribution >= 0.6 is 0 Å². The lowest BCUT2D eigenvalue weighted by Crippen LogP contribution is -2.22. The summed E-state index contributed by atoms with van der Waals surface area (Å²) in [6, 6.07) is 8.53. The topological polar surface area (TPSA) is 41.1 Å². The van der Waals surface area contributed by atoms with Gasteiger partial charge in [0.15, 0.2) is 0 Å². The molecule has 0 radical (unpaired) electrons. The summed E-state index contributed by atoms with van der Waals surface area (Å²) in [6.07, 6.45) is -4.36. The Bertz CT molecular complexity index is 714. The van der Waals surface area contributed by atoms with E-state index in [0.717, 1.165) is 34.5 Å². The molecule has 0 aromatic heterocycles. The van der Waals surface area contributed by atoms with Gasteiger partial charge in [0, 0.05) is 11.4 Å². The van der Waals surface area contributed by atoms with Crippen molar-refractivity contribution in [2.75, 3.05) is 17.2 Å². The predicted molar refractivity (Wildman–Crippen MR) is 89.2 cm³/mol. The largest absolute Gasteiger partial charge is 0.416 e. The zero-order chi connectivity index (χ0) is 17.9. The number of aryl methyl sites for hydroxylation is 3. The van der Waals surface area contributed by atoms with Gasteiger partial charge in [-0.2, -0.15) is 13.2 Å². The van der Waals surface area contributed by atoms with E-state index < -0.39 is 11.7 Å². The third-order valence-corrected chi connectivity index (χ3v) is 3.61. The molecule has 0 aliphatic carbocycles. The van der Waals surface area contributed by atoms with E-state index in [4.69, 9.17) is 0 Å². The van der Waals surface area contributed by atoms with Gasteiger partial charge in [-0.1, -0.05) is 17.7 Å². The molecule has 2 rings (SSSR count). The minimum Gasteiger partial charge on any atom is -0.376 e. The molecule has 1 amide bonds. The lowest BCUT2D eigenvalue weighted by Gasteiger charge is -2.14. The van der Waals surface area contributed by atoms with Crippen LogP contribution in [0.3, 0.4) is 0 Å². The van der Waals surface area contributed by atoms with Crippen molar-refractivity contribution in [2.24, 2.45) is 0 Å². The fourth-order valence-corrected chi connectivity index (χ4v) is 2.52. The van der Waals surface area contributed by atoms with Crippen molar-refractivity contribution >= 4 is 17.3 Å². The van der Waals surface area contributed by atoms with E-state index in [1.54, 1.807) is 0 Å². The maximum atomic E-state index is 12.5. The van der Waals surface area contributed by atoms with Gasteiger partial charge in [-0.3, -0.25) is 4.79 Å². The van der Waals surface area contributed by atoms with E-state index >= 15 is 0 Å². The summed E-state index contributed by atoms with van der Waals surface area (Å²) >= 11 is 0. The molecule has 0 aliphatic heterocycles. The second kappa shape index (κ2) is 6.95. The number of hydrogen-bond donors (Lipinski definition) is 2. The average Bonchev–Trinajstić information content (AvgIpc) is 2.48. The molecule has 128 valence electrons. The number of carbonyl (C=O) groups excluding carboxylic acids is 1. The van der Waals surface area contributed by atoms with Gasteiger partial charge in [0.1, 0.15) is 0 Å². The minimum absolute atomic E-state index is 0.0296. The molecule has 0 saturated carbocycles. The molecule has 0 unspecified atom stereocenters. The van der Waals surface area contributed by atoms with Crippen LogP contribution in [-0.2, 0) is 11.0 Å². The maximum Gasteiger partial charge on any atom is 0.416 e. The second-order valence-electron chi connectivity index (χ2n) is 5.75. The number of amides is 1. The summed E-state index contributed by atoms with van der Waals surface area (Å²) in [4.78, 5) is 12.0. The molecule has 2 N–H and O–H groups in total. The Morgan fingerprint density at radius 3 is 2.04 bits per heavy atom. The lowest BCUT2D eigenvalue weighted by atomic mass is 10.1. The quantitative estimate of drug-likeness (QED) is 0.851. The summed E-state index contributed by atoms with van der Waals surface area (Å²) in [7, 11) is 0. The van der Waals surface area contributed by atoms with E-state index in [1.165, 1.54) is 12.1 Å². The van der Waals surface area contributed by atoms with Crippen molar-refractivity contribution in [3.8, 4) is 0 Å². The number of halogens is 3. The molecule has 0 saturated heterocycles. The predicted octanol–water partition coefficient (Wildman–Crippen LogP) is 4.68. The Morgan fingerprint density at radius 2 is 1.54 bits per heavy atom. The highest BCUT2D eigenvalue weighted by Crippen LogP contribution is 2.29. The van der Waals surface area contributed by atoms with Crippen molar-refractivity contribution < 1.29 is 18.0 Å². The van der Waals surface area contributed by atoms with Gasteiger partial charge in [0.05, 0.1) is 12.1 Å². The maximum absolute atomic E-state index is 12.5. The van der Waals surface area contributed by atoms with Crippen molar-refractivity contribution in [1.82, 2.24) is 0 Å². The number of anilines is 2. The van der Waals surface area contributed by atoms with Crippen LogP contribution in [-0.4, -0.2) is 12.5 Å². The number of benzene rings is 2. The highest BCUT2D eigenvalue weighted by Gasteiger charge is 2.29. The van der Waals surface area contributed by atoms with Gasteiger partial charge in [-0.25, -0.2) is 0 Å². The van der Waals surface area contributed by atoms with Gasteiger partial charge in [-0.05, 0) is 56.2 Å². The molecule has 2 aromatic rings. The van der Waals surface area contributed by atoms with Gasteiger partial charge in [-0.15, -0.1) is 0 Å². The standard InChI is InChI=1S/C18H19F3N2O/c1-11-8-12(2)17(13(3)9-11)23-16(24)10-22-15-6-4-14(5-7-15)18(19,20)21/h4-9,22H,10H2,1-3H3,(H,23,24). The highest BCUT2D eigenvalue weighted by atomic mass is 19.4. The van der Waals surface area contributed by atoms with Crippen LogP contribution in [0.5, 0.6) is 0 Å². The molecule has 0 fully saturated rings. The molecule has 0 bridgehead atoms. The van der Waals surface area contributed by atoms with E-state index in [-0.39, 0.29) is 12.5 Å².